The van der Waals surface area contributed by atoms with Crippen molar-refractivity contribution in [3.63, 3.8) is 0 Å². The molecule has 0 saturated carbocycles. The fraction of sp³-hybridized carbons (Fsp3) is 0.205. The summed E-state index contributed by atoms with van der Waals surface area (Å²) in [5, 5.41) is 20.7. The van der Waals surface area contributed by atoms with Crippen LogP contribution >= 0.6 is 35.7 Å². The Balaban J connectivity index is 0.000000164. The highest BCUT2D eigenvalue weighted by Crippen LogP contribution is 2.51. The number of nitrogens with zero attached hydrogens (tertiary/aromatic N) is 3. The number of nitrogens with one attached hydrogen (secondary N) is 3. The van der Waals surface area contributed by atoms with Crippen molar-refractivity contribution in [1.29, 1.82) is 0 Å². The number of carbonyl (C=O) groups excluding carboxylic acids is 3. The molecule has 15 aromatic rings. The molecule has 0 atom stereocenters. The molecule has 19 heteroatoms. The molecule has 700 valence electrons. The zero-order chi connectivity index (χ0) is 99.1. The highest BCUT2D eigenvalue weighted by molar-refractivity contribution is 7.87. The van der Waals surface area contributed by atoms with E-state index < -0.39 is 35.7 Å². The predicted molar refractivity (Wildman–Crippen MR) is 586 cm³/mol. The molecule has 136 heavy (non-hydrogen) atoms. The van der Waals surface area contributed by atoms with Crippen LogP contribution in [0, 0.1) is 104 Å². The van der Waals surface area contributed by atoms with Gasteiger partial charge in [-0.25, -0.2) is 0 Å². The predicted octanol–water partition coefficient (Wildman–Crippen LogP) is 21.3. The number of amides is 3. The molecule has 0 saturated heterocycles. The number of rotatable bonds is 21. The number of benzene rings is 15. The highest BCUT2D eigenvalue weighted by Gasteiger charge is 2.39. The zero-order valence-corrected chi connectivity index (χ0v) is 87.5. The van der Waals surface area contributed by atoms with Crippen molar-refractivity contribution in [3.8, 4) is 0 Å². The van der Waals surface area contributed by atoms with E-state index in [1.165, 1.54) is 37.5 Å². The van der Waals surface area contributed by atoms with E-state index in [0.717, 1.165) is 147 Å². The molecular formula is C117H129N6O8P5. The van der Waals surface area contributed by atoms with Crippen molar-refractivity contribution in [3.05, 3.63) is 411 Å². The minimum atomic E-state index is -3.44. The van der Waals surface area contributed by atoms with E-state index in [1.54, 1.807) is 72.8 Å². The summed E-state index contributed by atoms with van der Waals surface area (Å²) in [6.07, 6.45) is 0. The van der Waals surface area contributed by atoms with Gasteiger partial charge in [-0.15, -0.1) is 0 Å². The maximum atomic E-state index is 14.9. The lowest BCUT2D eigenvalue weighted by molar-refractivity contribution is -0.115. The third-order valence-corrected chi connectivity index (χ3v) is 40.8. The number of anilines is 6. The molecule has 14 nitrogen and oxygen atoms in total. The molecule has 15 rings (SSSR count). The van der Waals surface area contributed by atoms with Gasteiger partial charge in [0.2, 0.25) is 17.7 Å². The van der Waals surface area contributed by atoms with Gasteiger partial charge in [0.05, 0.1) is 0 Å². The number of aryl methyl sites for hydroxylation is 15. The molecule has 0 radical (unpaired) electrons. The van der Waals surface area contributed by atoms with Gasteiger partial charge in [0, 0.05) is 177 Å². The molecule has 0 unspecified atom stereocenters. The molecule has 0 aliphatic heterocycles. The molecule has 0 aliphatic carbocycles. The van der Waals surface area contributed by atoms with Crippen molar-refractivity contribution in [2.45, 2.75) is 125 Å². The number of hydrogen-bond acceptors (Lipinski definition) is 11. The summed E-state index contributed by atoms with van der Waals surface area (Å²) in [5.41, 5.74) is 21.7. The van der Waals surface area contributed by atoms with Crippen LogP contribution in [-0.2, 0) is 37.2 Å². The van der Waals surface area contributed by atoms with Crippen LogP contribution in [-0.4, -0.2) is 60.0 Å². The Labute approximate surface area is 807 Å². The van der Waals surface area contributed by atoms with Crippen LogP contribution in [0.15, 0.2) is 328 Å². The van der Waals surface area contributed by atoms with E-state index in [-0.39, 0.29) is 17.7 Å². The van der Waals surface area contributed by atoms with Gasteiger partial charge < -0.3 is 53.5 Å². The summed E-state index contributed by atoms with van der Waals surface area (Å²) in [4.78, 5) is 40.8. The Morgan fingerprint density at radius 3 is 0.647 bits per heavy atom. The van der Waals surface area contributed by atoms with Crippen molar-refractivity contribution < 1.29 is 37.2 Å². The summed E-state index contributed by atoms with van der Waals surface area (Å²) in [5.74, 6) is -0.716. The SMILES string of the molecule is CC(=O)Nc1cccc(P(=O)(c2cccc(NC(C)=O)c2)c2cccc(NC(C)=O)c2)c1.CN(C)c1ccc(P(=O)(c2ccc(N(C)C)cc2)c2ccc(N(C)C)cc2)cc1.Cc1cc(C)c(P(=O)(c2ccccc2)c2c(C)cc(C)cc2C)c(C)c1.Cc1cc(C)c(P(=O)(c2ccccc2)c2ccccc2)c(C)c1.Cc1ccc(C)c(P(=O)(c2cc(C)ccc2C)c2cc(C)ccc2C)c1. The second kappa shape index (κ2) is 44.8. The Morgan fingerprint density at radius 2 is 0.412 bits per heavy atom. The first-order valence-corrected chi connectivity index (χ1v) is 54.1. The first kappa shape index (κ1) is 104. The van der Waals surface area contributed by atoms with E-state index >= 15 is 0 Å². The standard InChI is InChI=1S/C24H24N3O4P.C24H30N3OP.2C24H27OP.C21H21OP/c1-16(28)25-19-7-4-10-22(13-19)32(31,23-11-5-8-20(14-23)26-17(2)29)24-12-6-9-21(15-24)27-18(3)30;1-25(2)19-7-13-22(14-8-19)29(28,23-15-9-20(10-16-23)26(3)4)24-17-11-21(12-18-24)27(5)6;1-16-7-10-19(4)22(13-16)26(25,23-14-17(2)8-11-20(23)5)24-15-18(3)9-12-21(24)6;1-16-12-18(3)23(19(4)13-16)26(25,22-10-8-7-9-11-22)24-20(5)14-17(2)15-21(24)6;1-16-14-17(2)21(18(3)15-16)23(22,19-10-6-4-7-11-19)20-12-8-5-9-13-20/h4-15H,1-3H3,(H,25,28)(H,26,29)(H,27,30);7-18H,1-6H3;2*7-15H,1-6H3;4-15H,1-3H3. The van der Waals surface area contributed by atoms with Crippen molar-refractivity contribution in [2.24, 2.45) is 0 Å². The largest absolute Gasteiger partial charge is 0.378 e. The summed E-state index contributed by atoms with van der Waals surface area (Å²) in [7, 11) is -3.18. The van der Waals surface area contributed by atoms with Gasteiger partial charge in [0.1, 0.15) is 0 Å². The van der Waals surface area contributed by atoms with Gasteiger partial charge in [-0.1, -0.05) is 234 Å². The van der Waals surface area contributed by atoms with Gasteiger partial charge in [-0.05, 0) is 281 Å². The fourth-order valence-corrected chi connectivity index (χ4v) is 33.7. The van der Waals surface area contributed by atoms with E-state index in [1.807, 2.05) is 221 Å². The Hall–Kier alpha value is -12.7. The molecular weight excluding hydrogens is 1770 g/mol. The molecule has 0 spiro atoms. The average Bonchev–Trinajstić information content (AvgIpc) is 0.743. The normalized spacial score (nSPS) is 11.3. The van der Waals surface area contributed by atoms with Crippen molar-refractivity contribution in [1.82, 2.24) is 0 Å². The van der Waals surface area contributed by atoms with Crippen LogP contribution in [0.3, 0.4) is 0 Å². The number of hydrogen-bond donors (Lipinski definition) is 3. The van der Waals surface area contributed by atoms with Crippen LogP contribution in [0.2, 0.25) is 0 Å². The Morgan fingerprint density at radius 1 is 0.199 bits per heavy atom. The molecule has 0 aromatic heterocycles. The van der Waals surface area contributed by atoms with Crippen LogP contribution in [0.25, 0.3) is 0 Å². The lowest BCUT2D eigenvalue weighted by Gasteiger charge is -2.27. The van der Waals surface area contributed by atoms with Crippen molar-refractivity contribution >= 4 is 167 Å². The van der Waals surface area contributed by atoms with Gasteiger partial charge in [0.25, 0.3) is 0 Å². The summed E-state index contributed by atoms with van der Waals surface area (Å²) < 4.78 is 73.6. The first-order chi connectivity index (χ1) is 64.4. The van der Waals surface area contributed by atoms with Gasteiger partial charge in [-0.2, -0.15) is 0 Å². The highest BCUT2D eigenvalue weighted by atomic mass is 31.2. The van der Waals surface area contributed by atoms with Gasteiger partial charge in [0.15, 0.2) is 35.7 Å². The van der Waals surface area contributed by atoms with Gasteiger partial charge >= 0.3 is 0 Å². The minimum Gasteiger partial charge on any atom is -0.378 e. The molecule has 15 aromatic carbocycles. The van der Waals surface area contributed by atoms with E-state index in [0.29, 0.717) is 33.0 Å². The maximum Gasteiger partial charge on any atom is 0.221 e. The lowest BCUT2D eigenvalue weighted by Crippen LogP contribution is -2.31. The topological polar surface area (TPSA) is 182 Å². The molecule has 3 N–H and O–H groups in total. The van der Waals surface area contributed by atoms with Crippen molar-refractivity contribution in [2.75, 3.05) is 72.9 Å². The quantitative estimate of drug-likeness (QED) is 0.0582. The maximum absolute atomic E-state index is 14.9. The minimum absolute atomic E-state index is 0.239. The first-order valence-electron chi connectivity index (χ1n) is 45.6. The van der Waals surface area contributed by atoms with Gasteiger partial charge in [-0.3, -0.25) is 14.4 Å². The lowest BCUT2D eigenvalue weighted by atomic mass is 10.1. The third-order valence-electron chi connectivity index (χ3n) is 24.1. The summed E-state index contributed by atoms with van der Waals surface area (Å²) in [6.45, 7) is 35.4. The van der Waals surface area contributed by atoms with Crippen LogP contribution in [0.5, 0.6) is 0 Å². The summed E-state index contributed by atoms with van der Waals surface area (Å²) in [6, 6.07) is 106. The van der Waals surface area contributed by atoms with Crippen LogP contribution < -0.4 is 110 Å². The summed E-state index contributed by atoms with van der Waals surface area (Å²) >= 11 is 0. The zero-order valence-electron chi connectivity index (χ0n) is 83.0. The Kier molecular flexibility index (Phi) is 34.2. The van der Waals surface area contributed by atoms with E-state index in [9.17, 15) is 37.2 Å². The van der Waals surface area contributed by atoms with E-state index in [4.69, 9.17) is 0 Å². The molecule has 0 fully saturated rings. The second-order valence-electron chi connectivity index (χ2n) is 36.1. The number of carbonyl (C=O) groups is 3. The monoisotopic (exact) mass is 1900 g/mol. The third kappa shape index (κ3) is 23.7. The molecule has 3 amide bonds. The molecule has 0 aliphatic rings. The fourth-order valence-electron chi connectivity index (χ4n) is 18.0. The molecule has 0 bridgehead atoms. The van der Waals surface area contributed by atoms with Crippen LogP contribution in [0.1, 0.15) is 104 Å². The smallest absolute Gasteiger partial charge is 0.221 e. The van der Waals surface area contributed by atoms with E-state index in [2.05, 4.69) is 211 Å². The average molecular weight is 1900 g/mol. The Bertz CT molecular complexity index is 6530. The molecule has 0 heterocycles. The van der Waals surface area contributed by atoms with Crippen LogP contribution in [0.4, 0.5) is 34.1 Å². The second-order valence-corrected chi connectivity index (χ2v) is 49.6.